The first kappa shape index (κ1) is 32.7. The number of nitrogens with one attached hydrogen (secondary N) is 1. The number of carbonyl (C=O) groups is 2. The molecule has 0 aromatic heterocycles. The Hall–Kier alpha value is -4.21. The predicted molar refractivity (Wildman–Crippen MR) is 172 cm³/mol. The largest absolute Gasteiger partial charge is 0.480 e. The average molecular weight is 619 g/mol. The molecule has 0 aliphatic rings. The molecule has 0 fully saturated rings. The molecule has 1 amide bonds. The predicted octanol–water partition coefficient (Wildman–Crippen LogP) is 6.62. The number of hydrogen-bond donors (Lipinski definition) is 3. The lowest BCUT2D eigenvalue weighted by Crippen LogP contribution is -2.41. The minimum atomic E-state index is -1.09. The molecule has 44 heavy (non-hydrogen) atoms. The summed E-state index contributed by atoms with van der Waals surface area (Å²) < 4.78 is 28.2. The summed E-state index contributed by atoms with van der Waals surface area (Å²) in [5.41, 5.74) is 5.86. The second-order valence-corrected chi connectivity index (χ2v) is 11.6. The number of anilines is 1. The molecule has 4 rings (SSSR count). The van der Waals surface area contributed by atoms with E-state index in [4.69, 9.17) is 0 Å². The molecule has 0 bridgehead atoms. The van der Waals surface area contributed by atoms with Gasteiger partial charge in [0, 0.05) is 37.0 Å². The van der Waals surface area contributed by atoms with Crippen molar-refractivity contribution in [1.29, 1.82) is 0 Å². The fourth-order valence-electron chi connectivity index (χ4n) is 5.10. The van der Waals surface area contributed by atoms with Crippen molar-refractivity contribution in [2.45, 2.75) is 38.9 Å². The summed E-state index contributed by atoms with van der Waals surface area (Å²) in [6.45, 7) is 2.54. The molecular weight excluding hydrogens is 582 g/mol. The van der Waals surface area contributed by atoms with Gasteiger partial charge in [-0.2, -0.15) is 11.8 Å². The number of halogens is 2. The molecule has 0 unspecified atom stereocenters. The third-order valence-corrected chi connectivity index (χ3v) is 7.99. The van der Waals surface area contributed by atoms with E-state index >= 15 is 0 Å². The number of benzene rings is 4. The van der Waals surface area contributed by atoms with E-state index in [9.17, 15) is 28.6 Å². The van der Waals surface area contributed by atoms with Gasteiger partial charge in [-0.1, -0.05) is 42.5 Å². The number of carboxylic acid groups (broad SMARTS) is 1. The molecule has 0 aliphatic heterocycles. The summed E-state index contributed by atoms with van der Waals surface area (Å²) in [7, 11) is 0. The summed E-state index contributed by atoms with van der Waals surface area (Å²) in [4.78, 5) is 27.3. The average Bonchev–Trinajstić information content (AvgIpc) is 2.99. The molecule has 1 atom stereocenters. The minimum absolute atomic E-state index is 0.0258. The highest BCUT2D eigenvalue weighted by molar-refractivity contribution is 7.98. The van der Waals surface area contributed by atoms with Crippen molar-refractivity contribution >= 4 is 29.3 Å². The number of aliphatic hydroxyl groups is 1. The molecule has 4 aromatic rings. The number of rotatable bonds is 14. The number of nitrogens with zero attached hydrogens (tertiary/aromatic N) is 1. The van der Waals surface area contributed by atoms with Crippen LogP contribution in [0.4, 0.5) is 14.5 Å². The van der Waals surface area contributed by atoms with Crippen LogP contribution in [0.2, 0.25) is 0 Å². The van der Waals surface area contributed by atoms with E-state index in [0.717, 1.165) is 34.0 Å². The van der Waals surface area contributed by atoms with Gasteiger partial charge in [0.05, 0.1) is 0 Å². The summed E-state index contributed by atoms with van der Waals surface area (Å²) in [6.07, 6.45) is 2.69. The van der Waals surface area contributed by atoms with Gasteiger partial charge in [0.25, 0.3) is 5.91 Å². The zero-order chi connectivity index (χ0) is 31.6. The zero-order valence-electron chi connectivity index (χ0n) is 24.7. The molecule has 3 N–H and O–H groups in total. The molecule has 0 heterocycles. The Bertz CT molecular complexity index is 1580. The van der Waals surface area contributed by atoms with E-state index in [1.807, 2.05) is 78.7 Å². The lowest BCUT2D eigenvalue weighted by molar-refractivity contribution is -0.139. The molecule has 0 spiro atoms. The molecule has 0 radical (unpaired) electrons. The van der Waals surface area contributed by atoms with Crippen LogP contribution in [0.15, 0.2) is 84.9 Å². The van der Waals surface area contributed by atoms with Crippen molar-refractivity contribution in [3.63, 3.8) is 0 Å². The quantitative estimate of drug-likeness (QED) is 0.147. The Morgan fingerprint density at radius 1 is 0.864 bits per heavy atom. The molecule has 230 valence electrons. The molecule has 0 saturated heterocycles. The first-order valence-corrected chi connectivity index (χ1v) is 15.7. The maximum Gasteiger partial charge on any atom is 0.326 e. The SMILES string of the molecule is CSCC[C@H](NC(=O)c1ccc(CN(Cc2cc(F)cc(F)c2)c2ccc(CCO)cc2)cc1-c1ccccc1C)C(=O)O. The van der Waals surface area contributed by atoms with Crippen LogP contribution < -0.4 is 10.2 Å². The topological polar surface area (TPSA) is 89.9 Å². The van der Waals surface area contributed by atoms with E-state index in [2.05, 4.69) is 5.32 Å². The number of aliphatic hydroxyl groups excluding tert-OH is 1. The van der Waals surface area contributed by atoms with Gasteiger partial charge in [-0.25, -0.2) is 13.6 Å². The van der Waals surface area contributed by atoms with Crippen LogP contribution in [0.1, 0.15) is 39.0 Å². The maximum atomic E-state index is 14.1. The monoisotopic (exact) mass is 618 g/mol. The summed E-state index contributed by atoms with van der Waals surface area (Å²) >= 11 is 1.51. The summed E-state index contributed by atoms with van der Waals surface area (Å²) in [6, 6.07) is 23.1. The van der Waals surface area contributed by atoms with Crippen molar-refractivity contribution in [2.24, 2.45) is 0 Å². The Balaban J connectivity index is 1.73. The Labute approximate surface area is 260 Å². The lowest BCUT2D eigenvalue weighted by atomic mass is 9.93. The Kier molecular flexibility index (Phi) is 11.5. The smallest absolute Gasteiger partial charge is 0.326 e. The van der Waals surface area contributed by atoms with Crippen molar-refractivity contribution in [3.8, 4) is 11.1 Å². The van der Waals surface area contributed by atoms with E-state index in [0.29, 0.717) is 41.8 Å². The van der Waals surface area contributed by atoms with Crippen LogP contribution in [0.25, 0.3) is 11.1 Å². The van der Waals surface area contributed by atoms with Crippen LogP contribution in [0, 0.1) is 18.6 Å². The number of aliphatic carboxylic acids is 1. The van der Waals surface area contributed by atoms with Crippen LogP contribution >= 0.6 is 11.8 Å². The van der Waals surface area contributed by atoms with E-state index in [-0.39, 0.29) is 13.2 Å². The maximum absolute atomic E-state index is 14.1. The van der Waals surface area contributed by atoms with Crippen LogP contribution in [0.3, 0.4) is 0 Å². The zero-order valence-corrected chi connectivity index (χ0v) is 25.5. The van der Waals surface area contributed by atoms with Gasteiger partial charge < -0.3 is 20.4 Å². The van der Waals surface area contributed by atoms with Gasteiger partial charge >= 0.3 is 5.97 Å². The van der Waals surface area contributed by atoms with Gasteiger partial charge in [0.15, 0.2) is 0 Å². The van der Waals surface area contributed by atoms with Gasteiger partial charge in [0.2, 0.25) is 0 Å². The fraction of sp³-hybridized carbons (Fsp3) is 0.257. The Morgan fingerprint density at radius 3 is 2.16 bits per heavy atom. The van der Waals surface area contributed by atoms with E-state index in [1.165, 1.54) is 23.9 Å². The molecule has 4 aromatic carbocycles. The third kappa shape index (κ3) is 8.67. The van der Waals surface area contributed by atoms with Gasteiger partial charge in [-0.15, -0.1) is 0 Å². The third-order valence-electron chi connectivity index (χ3n) is 7.35. The van der Waals surface area contributed by atoms with Crippen LogP contribution in [-0.2, 0) is 24.3 Å². The normalized spacial score (nSPS) is 11.7. The fourth-order valence-corrected chi connectivity index (χ4v) is 5.57. The van der Waals surface area contributed by atoms with Crippen LogP contribution in [0.5, 0.6) is 0 Å². The number of aryl methyl sites for hydroxylation is 1. The summed E-state index contributed by atoms with van der Waals surface area (Å²) in [5.74, 6) is -2.29. The van der Waals surface area contributed by atoms with E-state index in [1.54, 1.807) is 6.07 Å². The molecule has 0 aliphatic carbocycles. The minimum Gasteiger partial charge on any atom is -0.480 e. The number of hydrogen-bond acceptors (Lipinski definition) is 5. The second-order valence-electron chi connectivity index (χ2n) is 10.6. The highest BCUT2D eigenvalue weighted by Gasteiger charge is 2.23. The van der Waals surface area contributed by atoms with Crippen molar-refractivity contribution in [2.75, 3.05) is 23.5 Å². The summed E-state index contributed by atoms with van der Waals surface area (Å²) in [5, 5.41) is 21.7. The number of carboxylic acids is 1. The van der Waals surface area contributed by atoms with E-state index < -0.39 is 29.6 Å². The standard InChI is InChI=1S/C35H36F2N2O4S/c1-23-5-3-4-6-30(23)32-19-25(9-12-31(32)34(41)38-33(35(42)43)14-16-44-2)21-39(22-26-17-27(36)20-28(37)18-26)29-10-7-24(8-11-29)13-15-40/h3-12,17-20,33,40H,13-16,21-22H2,1-2H3,(H,38,41)(H,42,43)/t33-/m0/s1. The first-order chi connectivity index (χ1) is 21.2. The van der Waals surface area contributed by atoms with Crippen molar-refractivity contribution in [1.82, 2.24) is 5.32 Å². The first-order valence-electron chi connectivity index (χ1n) is 14.3. The second kappa shape index (κ2) is 15.5. The number of amides is 1. The molecular formula is C35H36F2N2O4S. The molecule has 9 heteroatoms. The number of thioether (sulfide) groups is 1. The highest BCUT2D eigenvalue weighted by Crippen LogP contribution is 2.30. The van der Waals surface area contributed by atoms with Gasteiger partial charge in [0.1, 0.15) is 17.7 Å². The number of carbonyl (C=O) groups excluding carboxylic acids is 1. The van der Waals surface area contributed by atoms with Crippen molar-refractivity contribution in [3.05, 3.63) is 124 Å². The van der Waals surface area contributed by atoms with Crippen LogP contribution in [-0.4, -0.2) is 46.7 Å². The molecule has 0 saturated carbocycles. The molecule has 6 nitrogen and oxygen atoms in total. The van der Waals surface area contributed by atoms with Gasteiger partial charge in [-0.3, -0.25) is 4.79 Å². The lowest BCUT2D eigenvalue weighted by Gasteiger charge is -2.26. The van der Waals surface area contributed by atoms with Gasteiger partial charge in [-0.05, 0) is 102 Å². The highest BCUT2D eigenvalue weighted by atomic mass is 32.2. The Morgan fingerprint density at radius 2 is 1.52 bits per heavy atom. The van der Waals surface area contributed by atoms with Crippen molar-refractivity contribution < 1.29 is 28.6 Å².